The number of benzene rings is 2. The molecule has 26 heavy (non-hydrogen) atoms. The van der Waals surface area contributed by atoms with Crippen LogP contribution >= 0.6 is 27.7 Å². The number of aromatic nitrogens is 2. The molecule has 1 heterocycles. The topological polar surface area (TPSA) is 74.5 Å². The normalized spacial score (nSPS) is 10.5. The van der Waals surface area contributed by atoms with Gasteiger partial charge in [-0.25, -0.2) is 0 Å². The summed E-state index contributed by atoms with van der Waals surface area (Å²) in [7, 11) is 1.61. The van der Waals surface area contributed by atoms with Crippen molar-refractivity contribution >= 4 is 33.5 Å². The van der Waals surface area contributed by atoms with Crippen LogP contribution in [-0.4, -0.2) is 28.8 Å². The number of carbonyl (C=O) groups is 1. The Kier molecular flexibility index (Phi) is 6.30. The molecule has 0 saturated heterocycles. The third-order valence-electron chi connectivity index (χ3n) is 3.36. The molecule has 0 radical (unpaired) electrons. The van der Waals surface area contributed by atoms with Crippen molar-refractivity contribution < 1.29 is 18.7 Å². The maximum atomic E-state index is 12.1. The van der Waals surface area contributed by atoms with Gasteiger partial charge in [-0.1, -0.05) is 39.8 Å². The van der Waals surface area contributed by atoms with Gasteiger partial charge in [0.25, 0.3) is 11.1 Å². The van der Waals surface area contributed by atoms with E-state index in [0.29, 0.717) is 22.4 Å². The number of carbonyl (C=O) groups excluding carboxylic acids is 1. The van der Waals surface area contributed by atoms with Gasteiger partial charge in [-0.15, -0.1) is 10.2 Å². The lowest BCUT2D eigenvalue weighted by Crippen LogP contribution is -2.01. The second-order valence-electron chi connectivity index (χ2n) is 5.14. The summed E-state index contributed by atoms with van der Waals surface area (Å²) < 4.78 is 17.1. The summed E-state index contributed by atoms with van der Waals surface area (Å²) in [5.74, 6) is 1.99. The van der Waals surface area contributed by atoms with Crippen molar-refractivity contribution in [3.05, 3.63) is 64.5 Å². The van der Waals surface area contributed by atoms with E-state index < -0.39 is 0 Å². The lowest BCUT2D eigenvalue weighted by Gasteiger charge is -2.04. The zero-order valence-corrected chi connectivity index (χ0v) is 16.2. The molecule has 1 aromatic heterocycles. The molecule has 8 heteroatoms. The SMILES string of the molecule is COc1ccc(OCc2nnc(SCC(=O)c3ccc(Br)cc3)o2)cc1. The van der Waals surface area contributed by atoms with Crippen LogP contribution in [0, 0.1) is 0 Å². The molecule has 0 saturated carbocycles. The highest BCUT2D eigenvalue weighted by molar-refractivity contribution is 9.10. The number of halogens is 1. The molecular formula is C18H15BrN2O4S. The van der Waals surface area contributed by atoms with Gasteiger partial charge in [-0.05, 0) is 36.4 Å². The standard InChI is InChI=1S/C18H15BrN2O4S/c1-23-14-6-8-15(9-7-14)24-10-17-20-21-18(25-17)26-11-16(22)12-2-4-13(19)5-3-12/h2-9H,10-11H2,1H3. The van der Waals surface area contributed by atoms with E-state index in [4.69, 9.17) is 13.9 Å². The fraction of sp³-hybridized carbons (Fsp3) is 0.167. The zero-order chi connectivity index (χ0) is 18.4. The Bertz CT molecular complexity index is 866. The second kappa shape index (κ2) is 8.86. The van der Waals surface area contributed by atoms with Crippen LogP contribution < -0.4 is 9.47 Å². The molecule has 134 valence electrons. The average Bonchev–Trinajstić information content (AvgIpc) is 3.13. The van der Waals surface area contributed by atoms with E-state index in [1.807, 2.05) is 12.1 Å². The summed E-state index contributed by atoms with van der Waals surface area (Å²) >= 11 is 4.55. The Labute approximate surface area is 163 Å². The van der Waals surface area contributed by atoms with Crippen molar-refractivity contribution in [2.45, 2.75) is 11.8 Å². The molecule has 0 N–H and O–H groups in total. The Hall–Kier alpha value is -2.32. The number of thioether (sulfide) groups is 1. The number of Topliss-reactive ketones (excluding diaryl/α,β-unsaturated/α-hetero) is 1. The van der Waals surface area contributed by atoms with Gasteiger partial charge in [0, 0.05) is 10.0 Å². The van der Waals surface area contributed by atoms with Gasteiger partial charge in [0.1, 0.15) is 11.5 Å². The van der Waals surface area contributed by atoms with E-state index in [1.54, 1.807) is 43.5 Å². The molecule has 0 bridgehead atoms. The first-order chi connectivity index (χ1) is 12.6. The van der Waals surface area contributed by atoms with Crippen molar-refractivity contribution in [3.8, 4) is 11.5 Å². The first kappa shape index (κ1) is 18.5. The third-order valence-corrected chi connectivity index (χ3v) is 4.71. The van der Waals surface area contributed by atoms with Crippen LogP contribution in [0.5, 0.6) is 11.5 Å². The summed E-state index contributed by atoms with van der Waals surface area (Å²) in [6.45, 7) is 0.153. The molecule has 0 fully saturated rings. The summed E-state index contributed by atoms with van der Waals surface area (Å²) in [6, 6.07) is 14.4. The second-order valence-corrected chi connectivity index (χ2v) is 6.99. The van der Waals surface area contributed by atoms with Gasteiger partial charge in [0.15, 0.2) is 12.4 Å². The fourth-order valence-corrected chi connectivity index (χ4v) is 2.96. The van der Waals surface area contributed by atoms with Crippen molar-refractivity contribution in [3.63, 3.8) is 0 Å². The Balaban J connectivity index is 1.49. The quantitative estimate of drug-likeness (QED) is 0.384. The summed E-state index contributed by atoms with van der Waals surface area (Å²) in [4.78, 5) is 12.1. The molecule has 6 nitrogen and oxygen atoms in total. The fourth-order valence-electron chi connectivity index (χ4n) is 2.02. The van der Waals surface area contributed by atoms with Gasteiger partial charge in [0.2, 0.25) is 0 Å². The van der Waals surface area contributed by atoms with Gasteiger partial charge >= 0.3 is 0 Å². The molecule has 0 aliphatic rings. The van der Waals surface area contributed by atoms with Crippen molar-refractivity contribution in [1.82, 2.24) is 10.2 Å². The van der Waals surface area contributed by atoms with Crippen LogP contribution in [-0.2, 0) is 6.61 Å². The molecule has 3 rings (SSSR count). The van der Waals surface area contributed by atoms with E-state index in [9.17, 15) is 4.79 Å². The molecule has 0 atom stereocenters. The highest BCUT2D eigenvalue weighted by Gasteiger charge is 2.12. The van der Waals surface area contributed by atoms with Crippen LogP contribution in [0.2, 0.25) is 0 Å². The smallest absolute Gasteiger partial charge is 0.277 e. The van der Waals surface area contributed by atoms with E-state index in [-0.39, 0.29) is 18.1 Å². The summed E-state index contributed by atoms with van der Waals surface area (Å²) in [5, 5.41) is 8.18. The molecule has 2 aromatic carbocycles. The van der Waals surface area contributed by atoms with Crippen LogP contribution in [0.25, 0.3) is 0 Å². The number of hydrogen-bond acceptors (Lipinski definition) is 7. The zero-order valence-electron chi connectivity index (χ0n) is 13.8. The molecule has 0 spiro atoms. The van der Waals surface area contributed by atoms with E-state index in [1.165, 1.54) is 11.8 Å². The van der Waals surface area contributed by atoms with E-state index >= 15 is 0 Å². The van der Waals surface area contributed by atoms with Crippen LogP contribution in [0.15, 0.2) is 62.6 Å². The molecule has 0 aliphatic heterocycles. The summed E-state index contributed by atoms with van der Waals surface area (Å²) in [6.07, 6.45) is 0. The minimum Gasteiger partial charge on any atom is -0.497 e. The minimum atomic E-state index is -0.00303. The number of methoxy groups -OCH3 is 1. The van der Waals surface area contributed by atoms with Crippen LogP contribution in [0.3, 0.4) is 0 Å². The molecule has 0 aliphatic carbocycles. The lowest BCUT2D eigenvalue weighted by molar-refractivity contribution is 0.102. The molecule has 0 unspecified atom stereocenters. The number of rotatable bonds is 8. The van der Waals surface area contributed by atoms with Gasteiger partial charge in [0.05, 0.1) is 12.9 Å². The van der Waals surface area contributed by atoms with Gasteiger partial charge in [-0.3, -0.25) is 4.79 Å². The number of ether oxygens (including phenoxy) is 2. The molecule has 0 amide bonds. The van der Waals surface area contributed by atoms with Crippen molar-refractivity contribution in [1.29, 1.82) is 0 Å². The van der Waals surface area contributed by atoms with Crippen molar-refractivity contribution in [2.75, 3.05) is 12.9 Å². The lowest BCUT2D eigenvalue weighted by atomic mass is 10.2. The highest BCUT2D eigenvalue weighted by atomic mass is 79.9. The Morgan fingerprint density at radius 2 is 1.77 bits per heavy atom. The first-order valence-electron chi connectivity index (χ1n) is 7.65. The summed E-state index contributed by atoms with van der Waals surface area (Å²) in [5.41, 5.74) is 0.642. The van der Waals surface area contributed by atoms with Crippen molar-refractivity contribution in [2.24, 2.45) is 0 Å². The predicted octanol–water partition coefficient (Wildman–Crippen LogP) is 4.39. The van der Waals surface area contributed by atoms with E-state index in [2.05, 4.69) is 26.1 Å². The Morgan fingerprint density at radius 3 is 2.46 bits per heavy atom. The van der Waals surface area contributed by atoms with Gasteiger partial charge < -0.3 is 13.9 Å². The third kappa shape index (κ3) is 5.09. The largest absolute Gasteiger partial charge is 0.497 e. The van der Waals surface area contributed by atoms with Crippen LogP contribution in [0.4, 0.5) is 0 Å². The van der Waals surface area contributed by atoms with E-state index in [0.717, 1.165) is 10.2 Å². The maximum Gasteiger partial charge on any atom is 0.277 e. The molecule has 3 aromatic rings. The van der Waals surface area contributed by atoms with Gasteiger partial charge in [-0.2, -0.15) is 0 Å². The number of hydrogen-bond donors (Lipinski definition) is 0. The average molecular weight is 435 g/mol. The number of nitrogens with zero attached hydrogens (tertiary/aromatic N) is 2. The first-order valence-corrected chi connectivity index (χ1v) is 9.42. The van der Waals surface area contributed by atoms with Crippen LogP contribution in [0.1, 0.15) is 16.2 Å². The number of ketones is 1. The predicted molar refractivity (Wildman–Crippen MR) is 101 cm³/mol. The molecular weight excluding hydrogens is 420 g/mol. The Morgan fingerprint density at radius 1 is 1.08 bits per heavy atom. The monoisotopic (exact) mass is 434 g/mol. The minimum absolute atomic E-state index is 0.00303. The highest BCUT2D eigenvalue weighted by Crippen LogP contribution is 2.21. The maximum absolute atomic E-state index is 12.1.